The van der Waals surface area contributed by atoms with E-state index in [1.165, 1.54) is 19.3 Å². The van der Waals surface area contributed by atoms with Gasteiger partial charge in [0.05, 0.1) is 0 Å². The average Bonchev–Trinajstić information content (AvgIpc) is 2.64. The maximum absolute atomic E-state index is 2.47. The molecule has 0 N–H and O–H groups in total. The van der Waals surface area contributed by atoms with Crippen LogP contribution in [0.2, 0.25) is 0 Å². The average molecular weight is 146 g/mol. The minimum absolute atomic E-state index is 0.918. The second-order valence-electron chi connectivity index (χ2n) is 4.20. The Balaban J connectivity index is 1.99. The molecule has 1 saturated carbocycles. The third-order valence-corrected chi connectivity index (χ3v) is 3.71. The van der Waals surface area contributed by atoms with Crippen LogP contribution in [-0.2, 0) is 0 Å². The third kappa shape index (κ3) is 0.702. The lowest BCUT2D eigenvalue weighted by atomic mass is 9.77. The summed E-state index contributed by atoms with van der Waals surface area (Å²) in [5.41, 5.74) is 0. The summed E-state index contributed by atoms with van der Waals surface area (Å²) in [6.45, 7) is 0. The molecule has 1 fully saturated rings. The summed E-state index contributed by atoms with van der Waals surface area (Å²) >= 11 is 0. The first-order valence-electron chi connectivity index (χ1n) is 4.80. The SMILES string of the molecule is C1=C[C@H]2[C@H](CC1)[C@H]1C=C[C@@H]2C1. The largest absolute Gasteiger partial charge is 0.0882 e. The molecule has 0 spiro atoms. The molecule has 0 heterocycles. The highest BCUT2D eigenvalue weighted by Gasteiger charge is 2.43. The Morgan fingerprint density at radius 3 is 2.82 bits per heavy atom. The predicted octanol–water partition coefficient (Wildman–Crippen LogP) is 2.77. The second kappa shape index (κ2) is 2.00. The lowest BCUT2D eigenvalue weighted by Gasteiger charge is -2.28. The lowest BCUT2D eigenvalue weighted by Crippen LogP contribution is -2.19. The Morgan fingerprint density at radius 2 is 1.91 bits per heavy atom. The zero-order valence-electron chi connectivity index (χ0n) is 6.74. The minimum Gasteiger partial charge on any atom is -0.0882 e. The van der Waals surface area contributed by atoms with Gasteiger partial charge >= 0.3 is 0 Å². The Kier molecular flexibility index (Phi) is 1.10. The highest BCUT2D eigenvalue weighted by atomic mass is 14.5. The Bertz CT molecular complexity index is 224. The summed E-state index contributed by atoms with van der Waals surface area (Å²) < 4.78 is 0. The van der Waals surface area contributed by atoms with E-state index in [0.717, 1.165) is 23.7 Å². The number of hydrogen-bond donors (Lipinski definition) is 0. The highest BCUT2D eigenvalue weighted by Crippen LogP contribution is 2.51. The van der Waals surface area contributed by atoms with Crippen molar-refractivity contribution < 1.29 is 0 Å². The zero-order chi connectivity index (χ0) is 7.26. The molecule has 0 radical (unpaired) electrons. The van der Waals surface area contributed by atoms with Crippen molar-refractivity contribution in [1.82, 2.24) is 0 Å². The summed E-state index contributed by atoms with van der Waals surface area (Å²) in [4.78, 5) is 0. The molecule has 3 aliphatic rings. The van der Waals surface area contributed by atoms with Crippen LogP contribution in [0.4, 0.5) is 0 Å². The van der Waals surface area contributed by atoms with Crippen molar-refractivity contribution in [3.63, 3.8) is 0 Å². The smallest absolute Gasteiger partial charge is 0.0136 e. The van der Waals surface area contributed by atoms with Gasteiger partial charge in [-0.2, -0.15) is 0 Å². The molecule has 0 heteroatoms. The van der Waals surface area contributed by atoms with Gasteiger partial charge in [0.15, 0.2) is 0 Å². The minimum atomic E-state index is 0.918. The van der Waals surface area contributed by atoms with E-state index >= 15 is 0 Å². The van der Waals surface area contributed by atoms with Crippen LogP contribution in [0.1, 0.15) is 19.3 Å². The van der Waals surface area contributed by atoms with Crippen molar-refractivity contribution in [3.05, 3.63) is 24.3 Å². The van der Waals surface area contributed by atoms with Gasteiger partial charge in [0.2, 0.25) is 0 Å². The first-order valence-corrected chi connectivity index (χ1v) is 4.80. The van der Waals surface area contributed by atoms with E-state index in [-0.39, 0.29) is 0 Å². The van der Waals surface area contributed by atoms with Crippen LogP contribution in [0.25, 0.3) is 0 Å². The Hall–Kier alpha value is -0.520. The molecule has 3 aliphatic carbocycles. The predicted molar refractivity (Wildman–Crippen MR) is 46.1 cm³/mol. The van der Waals surface area contributed by atoms with Crippen LogP contribution in [0.15, 0.2) is 24.3 Å². The molecule has 2 bridgehead atoms. The van der Waals surface area contributed by atoms with Gasteiger partial charge in [-0.15, -0.1) is 0 Å². The summed E-state index contributed by atoms with van der Waals surface area (Å²) in [6.07, 6.45) is 14.0. The Morgan fingerprint density at radius 1 is 1.00 bits per heavy atom. The fourth-order valence-corrected chi connectivity index (χ4v) is 3.20. The summed E-state index contributed by atoms with van der Waals surface area (Å²) in [5, 5.41) is 0. The number of allylic oxidation sites excluding steroid dienone is 4. The van der Waals surface area contributed by atoms with Crippen molar-refractivity contribution in [2.75, 3.05) is 0 Å². The quantitative estimate of drug-likeness (QED) is 0.461. The van der Waals surface area contributed by atoms with Gasteiger partial charge in [-0.05, 0) is 42.9 Å². The topological polar surface area (TPSA) is 0 Å². The number of rotatable bonds is 0. The van der Waals surface area contributed by atoms with Crippen LogP contribution < -0.4 is 0 Å². The van der Waals surface area contributed by atoms with Crippen molar-refractivity contribution in [2.24, 2.45) is 23.7 Å². The van der Waals surface area contributed by atoms with Crippen molar-refractivity contribution in [3.8, 4) is 0 Å². The number of hydrogen-bond acceptors (Lipinski definition) is 0. The molecular formula is C11H14. The van der Waals surface area contributed by atoms with Crippen LogP contribution in [-0.4, -0.2) is 0 Å². The van der Waals surface area contributed by atoms with E-state index in [1.54, 1.807) is 0 Å². The van der Waals surface area contributed by atoms with Crippen molar-refractivity contribution >= 4 is 0 Å². The van der Waals surface area contributed by atoms with Gasteiger partial charge in [0.25, 0.3) is 0 Å². The molecule has 3 rings (SSSR count). The fourth-order valence-electron chi connectivity index (χ4n) is 3.20. The maximum atomic E-state index is 2.47. The summed E-state index contributed by atoms with van der Waals surface area (Å²) in [7, 11) is 0. The van der Waals surface area contributed by atoms with E-state index in [4.69, 9.17) is 0 Å². The molecule has 0 saturated heterocycles. The normalized spacial score (nSPS) is 51.6. The van der Waals surface area contributed by atoms with Crippen molar-refractivity contribution in [2.45, 2.75) is 19.3 Å². The van der Waals surface area contributed by atoms with Crippen LogP contribution >= 0.6 is 0 Å². The first-order chi connectivity index (χ1) is 5.45. The van der Waals surface area contributed by atoms with Gasteiger partial charge in [0.1, 0.15) is 0 Å². The highest BCUT2D eigenvalue weighted by molar-refractivity contribution is 5.19. The van der Waals surface area contributed by atoms with E-state index in [1.807, 2.05) is 0 Å². The molecule has 11 heavy (non-hydrogen) atoms. The summed E-state index contributed by atoms with van der Waals surface area (Å²) in [5.74, 6) is 3.82. The van der Waals surface area contributed by atoms with Gasteiger partial charge in [-0.3, -0.25) is 0 Å². The monoisotopic (exact) mass is 146 g/mol. The number of fused-ring (bicyclic) bond motifs is 5. The first kappa shape index (κ1) is 6.05. The van der Waals surface area contributed by atoms with E-state index in [9.17, 15) is 0 Å². The molecule has 0 nitrogen and oxygen atoms in total. The van der Waals surface area contributed by atoms with Crippen molar-refractivity contribution in [1.29, 1.82) is 0 Å². The molecule has 0 aromatic rings. The fraction of sp³-hybridized carbons (Fsp3) is 0.636. The Labute approximate surface area is 68.0 Å². The lowest BCUT2D eigenvalue weighted by molar-refractivity contribution is 0.333. The second-order valence-corrected chi connectivity index (χ2v) is 4.20. The molecule has 58 valence electrons. The zero-order valence-corrected chi connectivity index (χ0v) is 6.74. The van der Waals surface area contributed by atoms with Gasteiger partial charge in [0, 0.05) is 0 Å². The van der Waals surface area contributed by atoms with Gasteiger partial charge in [-0.1, -0.05) is 24.3 Å². The van der Waals surface area contributed by atoms with E-state index in [0.29, 0.717) is 0 Å². The third-order valence-electron chi connectivity index (χ3n) is 3.71. The molecule has 0 aromatic heterocycles. The molecule has 0 aliphatic heterocycles. The summed E-state index contributed by atoms with van der Waals surface area (Å²) in [6, 6.07) is 0. The molecule has 0 aromatic carbocycles. The molecule has 0 unspecified atom stereocenters. The van der Waals surface area contributed by atoms with Gasteiger partial charge in [-0.25, -0.2) is 0 Å². The van der Waals surface area contributed by atoms with Crippen LogP contribution in [0.3, 0.4) is 0 Å². The molecule has 0 amide bonds. The van der Waals surface area contributed by atoms with Crippen LogP contribution in [0.5, 0.6) is 0 Å². The van der Waals surface area contributed by atoms with E-state index < -0.39 is 0 Å². The van der Waals surface area contributed by atoms with Crippen LogP contribution in [0, 0.1) is 23.7 Å². The molecular weight excluding hydrogens is 132 g/mol. The molecule has 4 atom stereocenters. The standard InChI is InChI=1S/C11H14/c1-2-4-11-9-6-5-8(7-9)10(11)3-1/h1,3,5-6,8-11H,2,4,7H2/t8-,9+,10-,11-/m1/s1. The maximum Gasteiger partial charge on any atom is -0.0136 e. The van der Waals surface area contributed by atoms with Gasteiger partial charge < -0.3 is 0 Å². The van der Waals surface area contributed by atoms with E-state index in [2.05, 4.69) is 24.3 Å².